The number of nitrogens with zero attached hydrogens (tertiary/aromatic N) is 1. The maximum Gasteiger partial charge on any atom is 0.272 e. The van der Waals surface area contributed by atoms with Crippen molar-refractivity contribution in [3.8, 4) is 0 Å². The lowest BCUT2D eigenvalue weighted by molar-refractivity contribution is 0.101. The van der Waals surface area contributed by atoms with Crippen molar-refractivity contribution in [2.24, 2.45) is 0 Å². The molecule has 3 nitrogen and oxygen atoms in total. The Morgan fingerprint density at radius 2 is 2.05 bits per heavy atom. The lowest BCUT2D eigenvalue weighted by atomic mass is 10.2. The van der Waals surface area contributed by atoms with Crippen LogP contribution >= 0.6 is 15.9 Å². The van der Waals surface area contributed by atoms with Gasteiger partial charge in [-0.15, -0.1) is 0 Å². The standard InChI is InChI=1S/C15H17BrN2O/c1-10(2)18-8-4-5-14(18)15(19)17-13-9-12(16)7-6-11(13)3/h4-10H,1-3H3,(H,17,19). The first-order valence-corrected chi connectivity index (χ1v) is 7.02. The topological polar surface area (TPSA) is 34.0 Å². The number of hydrogen-bond donors (Lipinski definition) is 1. The van der Waals surface area contributed by atoms with E-state index in [1.54, 1.807) is 0 Å². The number of carbonyl (C=O) groups is 1. The number of rotatable bonds is 3. The Kier molecular flexibility index (Phi) is 4.10. The molecule has 1 amide bonds. The van der Waals surface area contributed by atoms with Gasteiger partial charge in [-0.05, 0) is 50.6 Å². The second-order valence-electron chi connectivity index (χ2n) is 4.81. The number of benzene rings is 1. The van der Waals surface area contributed by atoms with Crippen LogP contribution in [0.15, 0.2) is 41.0 Å². The van der Waals surface area contributed by atoms with Gasteiger partial charge in [0.05, 0.1) is 0 Å². The Bertz CT molecular complexity index is 602. The maximum atomic E-state index is 12.3. The molecule has 1 N–H and O–H groups in total. The van der Waals surface area contributed by atoms with Crippen LogP contribution in [-0.4, -0.2) is 10.5 Å². The van der Waals surface area contributed by atoms with E-state index in [1.807, 2.05) is 48.0 Å². The minimum absolute atomic E-state index is 0.0834. The van der Waals surface area contributed by atoms with Crippen LogP contribution in [-0.2, 0) is 0 Å². The summed E-state index contributed by atoms with van der Waals surface area (Å²) in [7, 11) is 0. The quantitative estimate of drug-likeness (QED) is 0.894. The highest BCUT2D eigenvalue weighted by Gasteiger charge is 2.13. The van der Waals surface area contributed by atoms with Crippen molar-refractivity contribution in [2.45, 2.75) is 26.8 Å². The minimum atomic E-state index is -0.0834. The largest absolute Gasteiger partial charge is 0.341 e. The lowest BCUT2D eigenvalue weighted by Gasteiger charge is -2.14. The van der Waals surface area contributed by atoms with Crippen LogP contribution in [0.1, 0.15) is 35.9 Å². The highest BCUT2D eigenvalue weighted by atomic mass is 79.9. The third-order valence-corrected chi connectivity index (χ3v) is 3.51. The molecule has 100 valence electrons. The van der Waals surface area contributed by atoms with Gasteiger partial charge in [-0.25, -0.2) is 0 Å². The number of nitrogens with one attached hydrogen (secondary N) is 1. The van der Waals surface area contributed by atoms with E-state index >= 15 is 0 Å². The molecule has 4 heteroatoms. The predicted molar refractivity (Wildman–Crippen MR) is 81.6 cm³/mol. The van der Waals surface area contributed by atoms with Crippen LogP contribution in [0, 0.1) is 6.92 Å². The summed E-state index contributed by atoms with van der Waals surface area (Å²) in [6.45, 7) is 6.09. The maximum absolute atomic E-state index is 12.3. The summed E-state index contributed by atoms with van der Waals surface area (Å²) in [6.07, 6.45) is 1.92. The molecule has 2 rings (SSSR count). The molecular formula is C15H17BrN2O. The van der Waals surface area contributed by atoms with E-state index < -0.39 is 0 Å². The Morgan fingerprint density at radius 3 is 2.74 bits per heavy atom. The van der Waals surface area contributed by atoms with Crippen molar-refractivity contribution in [1.29, 1.82) is 0 Å². The minimum Gasteiger partial charge on any atom is -0.341 e. The van der Waals surface area contributed by atoms with Gasteiger partial charge >= 0.3 is 0 Å². The zero-order valence-electron chi connectivity index (χ0n) is 11.3. The van der Waals surface area contributed by atoms with Crippen LogP contribution in [0.3, 0.4) is 0 Å². The smallest absolute Gasteiger partial charge is 0.272 e. The van der Waals surface area contributed by atoms with Gasteiger partial charge in [0.2, 0.25) is 0 Å². The van der Waals surface area contributed by atoms with Crippen LogP contribution in [0.4, 0.5) is 5.69 Å². The van der Waals surface area contributed by atoms with Crippen molar-refractivity contribution < 1.29 is 4.79 Å². The van der Waals surface area contributed by atoms with Gasteiger partial charge in [0.25, 0.3) is 5.91 Å². The number of hydrogen-bond acceptors (Lipinski definition) is 1. The molecule has 19 heavy (non-hydrogen) atoms. The van der Waals surface area contributed by atoms with E-state index in [0.717, 1.165) is 15.7 Å². The number of anilines is 1. The predicted octanol–water partition coefficient (Wildman–Crippen LogP) is 4.39. The highest BCUT2D eigenvalue weighted by Crippen LogP contribution is 2.21. The molecule has 0 radical (unpaired) electrons. The summed E-state index contributed by atoms with van der Waals surface area (Å²) in [5.74, 6) is -0.0834. The van der Waals surface area contributed by atoms with Gasteiger partial charge in [0.1, 0.15) is 5.69 Å². The Balaban J connectivity index is 2.26. The normalized spacial score (nSPS) is 10.8. The van der Waals surface area contributed by atoms with Crippen LogP contribution in [0.25, 0.3) is 0 Å². The average molecular weight is 321 g/mol. The molecule has 0 saturated carbocycles. The van der Waals surface area contributed by atoms with Crippen LogP contribution in [0.2, 0.25) is 0 Å². The number of aryl methyl sites for hydroxylation is 1. The monoisotopic (exact) mass is 320 g/mol. The summed E-state index contributed by atoms with van der Waals surface area (Å²) in [6, 6.07) is 9.84. The Hall–Kier alpha value is -1.55. The summed E-state index contributed by atoms with van der Waals surface area (Å²) in [5.41, 5.74) is 2.55. The third kappa shape index (κ3) is 3.07. The van der Waals surface area contributed by atoms with E-state index in [9.17, 15) is 4.79 Å². The Labute approximate surface area is 121 Å². The average Bonchev–Trinajstić information content (AvgIpc) is 2.83. The first-order valence-electron chi connectivity index (χ1n) is 6.23. The molecule has 2 aromatic rings. The van der Waals surface area contributed by atoms with Gasteiger partial charge in [-0.2, -0.15) is 0 Å². The summed E-state index contributed by atoms with van der Waals surface area (Å²) in [5, 5.41) is 2.96. The molecule has 0 bridgehead atoms. The molecule has 0 aliphatic carbocycles. The van der Waals surface area contributed by atoms with Crippen molar-refractivity contribution in [2.75, 3.05) is 5.32 Å². The molecule has 0 saturated heterocycles. The molecule has 0 aliphatic heterocycles. The molecule has 1 aromatic carbocycles. The molecule has 0 atom stereocenters. The van der Waals surface area contributed by atoms with E-state index in [0.29, 0.717) is 5.69 Å². The van der Waals surface area contributed by atoms with Crippen molar-refractivity contribution in [3.05, 3.63) is 52.3 Å². The van der Waals surface area contributed by atoms with E-state index in [1.165, 1.54) is 0 Å². The fourth-order valence-electron chi connectivity index (χ4n) is 1.95. The molecule has 0 unspecified atom stereocenters. The second-order valence-corrected chi connectivity index (χ2v) is 5.72. The summed E-state index contributed by atoms with van der Waals surface area (Å²) >= 11 is 3.42. The summed E-state index contributed by atoms with van der Waals surface area (Å²) < 4.78 is 2.91. The molecule has 0 spiro atoms. The third-order valence-electron chi connectivity index (χ3n) is 3.02. The second kappa shape index (κ2) is 5.61. The fourth-order valence-corrected chi connectivity index (χ4v) is 2.31. The van der Waals surface area contributed by atoms with E-state index in [-0.39, 0.29) is 11.9 Å². The van der Waals surface area contributed by atoms with Gasteiger partial charge in [-0.3, -0.25) is 4.79 Å². The van der Waals surface area contributed by atoms with Gasteiger partial charge < -0.3 is 9.88 Å². The summed E-state index contributed by atoms with van der Waals surface area (Å²) in [4.78, 5) is 12.3. The number of aromatic nitrogens is 1. The van der Waals surface area contributed by atoms with Crippen molar-refractivity contribution in [3.63, 3.8) is 0 Å². The van der Waals surface area contributed by atoms with Gasteiger partial charge in [0.15, 0.2) is 0 Å². The highest BCUT2D eigenvalue weighted by molar-refractivity contribution is 9.10. The van der Waals surface area contributed by atoms with Gasteiger partial charge in [0, 0.05) is 22.4 Å². The van der Waals surface area contributed by atoms with E-state index in [2.05, 4.69) is 35.1 Å². The Morgan fingerprint density at radius 1 is 1.32 bits per heavy atom. The molecule has 1 heterocycles. The molecule has 1 aromatic heterocycles. The fraction of sp³-hybridized carbons (Fsp3) is 0.267. The number of carbonyl (C=O) groups excluding carboxylic acids is 1. The molecule has 0 fully saturated rings. The van der Waals surface area contributed by atoms with Crippen molar-refractivity contribution >= 4 is 27.5 Å². The van der Waals surface area contributed by atoms with Crippen molar-refractivity contribution in [1.82, 2.24) is 4.57 Å². The molecule has 0 aliphatic rings. The van der Waals surface area contributed by atoms with Crippen LogP contribution < -0.4 is 5.32 Å². The van der Waals surface area contributed by atoms with Gasteiger partial charge in [-0.1, -0.05) is 22.0 Å². The zero-order valence-corrected chi connectivity index (χ0v) is 12.9. The first kappa shape index (κ1) is 13.9. The van der Waals surface area contributed by atoms with Crippen LogP contribution in [0.5, 0.6) is 0 Å². The number of halogens is 1. The number of amides is 1. The SMILES string of the molecule is Cc1ccc(Br)cc1NC(=O)c1cccn1C(C)C. The first-order chi connectivity index (χ1) is 8.99. The molecular weight excluding hydrogens is 304 g/mol. The zero-order chi connectivity index (χ0) is 14.0. The van der Waals surface area contributed by atoms with E-state index in [4.69, 9.17) is 0 Å². The lowest BCUT2D eigenvalue weighted by Crippen LogP contribution is -2.18.